The number of ketones is 2. The Morgan fingerprint density at radius 1 is 0.700 bits per heavy atom. The van der Waals surface area contributed by atoms with Gasteiger partial charge in [0.05, 0.1) is 35.0 Å². The van der Waals surface area contributed by atoms with E-state index in [-0.39, 0.29) is 36.9 Å². The molecule has 12 heteroatoms. The predicted molar refractivity (Wildman–Crippen MR) is 233 cm³/mol. The number of aromatic nitrogens is 3. The molecule has 2 aliphatic rings. The molecule has 318 valence electrons. The normalized spacial score (nSPS) is 15.8. The fraction of sp³-hybridized carbons (Fsp3) is 0.375. The summed E-state index contributed by atoms with van der Waals surface area (Å²) in [5, 5.41) is 0. The van der Waals surface area contributed by atoms with Gasteiger partial charge in [-0.05, 0) is 140 Å². The van der Waals surface area contributed by atoms with Crippen molar-refractivity contribution in [3.8, 4) is 23.0 Å². The van der Waals surface area contributed by atoms with Crippen LogP contribution in [0.25, 0.3) is 0 Å². The monoisotopic (exact) mass is 837 g/mol. The van der Waals surface area contributed by atoms with Gasteiger partial charge in [-0.2, -0.15) is 0 Å². The SMILES string of the molecule is CC.CCOC(=O)C1(Cc2ccncc2C)Cc2cc(OC)c(OC)cc2C1=O.COc1cc2c(cc1OC)C(=O)C(Cc1ccncc1C)C2.Cc1cnccc1CCl. The lowest BCUT2D eigenvalue weighted by Gasteiger charge is -2.25. The number of fused-ring (bicyclic) bond motifs is 2. The maximum absolute atomic E-state index is 13.4. The number of carbonyl (C=O) groups is 3. The molecule has 0 fully saturated rings. The molecule has 0 saturated carbocycles. The molecule has 0 saturated heterocycles. The minimum absolute atomic E-state index is 0.0205. The first kappa shape index (κ1) is 46.9. The Labute approximate surface area is 358 Å². The van der Waals surface area contributed by atoms with E-state index in [1.807, 2.05) is 71.3 Å². The number of carbonyl (C=O) groups excluding carboxylic acids is 3. The first-order valence-corrected chi connectivity index (χ1v) is 20.5. The van der Waals surface area contributed by atoms with E-state index in [2.05, 4.69) is 15.0 Å². The molecule has 0 bridgehead atoms. The molecule has 60 heavy (non-hydrogen) atoms. The largest absolute Gasteiger partial charge is 0.493 e. The summed E-state index contributed by atoms with van der Waals surface area (Å²) in [6.45, 7) is 11.9. The van der Waals surface area contributed by atoms with Crippen LogP contribution < -0.4 is 18.9 Å². The highest BCUT2D eigenvalue weighted by Gasteiger charge is 2.53. The summed E-state index contributed by atoms with van der Waals surface area (Å²) >= 11 is 5.60. The van der Waals surface area contributed by atoms with E-state index >= 15 is 0 Å². The highest BCUT2D eigenvalue weighted by molar-refractivity contribution is 6.17. The lowest BCUT2D eigenvalue weighted by Crippen LogP contribution is -2.41. The summed E-state index contributed by atoms with van der Waals surface area (Å²) < 4.78 is 26.6. The van der Waals surface area contributed by atoms with Gasteiger partial charge in [-0.25, -0.2) is 0 Å². The van der Waals surface area contributed by atoms with Gasteiger partial charge in [0.1, 0.15) is 5.41 Å². The molecule has 0 aliphatic heterocycles. The zero-order chi connectivity index (χ0) is 44.0. The van der Waals surface area contributed by atoms with Gasteiger partial charge in [-0.15, -0.1) is 11.6 Å². The Kier molecular flexibility index (Phi) is 17.2. The van der Waals surface area contributed by atoms with Crippen molar-refractivity contribution in [3.63, 3.8) is 0 Å². The van der Waals surface area contributed by atoms with E-state index in [1.165, 1.54) is 12.7 Å². The van der Waals surface area contributed by atoms with Gasteiger partial charge >= 0.3 is 5.97 Å². The summed E-state index contributed by atoms with van der Waals surface area (Å²) in [4.78, 5) is 51.2. The maximum atomic E-state index is 13.4. The van der Waals surface area contributed by atoms with Gasteiger partial charge in [-0.3, -0.25) is 29.3 Å². The maximum Gasteiger partial charge on any atom is 0.320 e. The molecule has 7 rings (SSSR count). The second-order valence-electron chi connectivity index (χ2n) is 14.2. The van der Waals surface area contributed by atoms with Crippen LogP contribution in [0.2, 0.25) is 0 Å². The Morgan fingerprint density at radius 2 is 1.17 bits per heavy atom. The summed E-state index contributed by atoms with van der Waals surface area (Å²) in [7, 11) is 6.25. The minimum Gasteiger partial charge on any atom is -0.493 e. The third kappa shape index (κ3) is 10.5. The molecule has 2 aliphatic carbocycles. The van der Waals surface area contributed by atoms with Crippen LogP contribution in [0.3, 0.4) is 0 Å². The third-order valence-corrected chi connectivity index (χ3v) is 11.0. The molecule has 3 heterocycles. The lowest BCUT2D eigenvalue weighted by atomic mass is 9.77. The van der Waals surface area contributed by atoms with Crippen molar-refractivity contribution < 1.29 is 38.1 Å². The standard InChI is InChI=1S/C21H23NO5.C18H19NO3.C7H8ClN.C2H6/c1-5-27-20(24)21(10-14-6-7-22-12-13(14)2)11-15-8-17(25-3)18(26-4)9-16(15)19(21)23;1-11-10-19-5-4-12(11)6-14-7-13-8-16(21-2)17(22-3)9-15(13)18(14)20;1-6-5-9-3-2-7(6)4-8;1-2/h6-9,12H,5,10-11H2,1-4H3;4-5,8-10,14H,6-7H2,1-3H3;2-3,5H,4H2,1H3;1-2H3. The Morgan fingerprint density at radius 3 is 1.63 bits per heavy atom. The second kappa shape index (κ2) is 22.0. The van der Waals surface area contributed by atoms with Crippen LogP contribution in [0.1, 0.15) is 86.0 Å². The van der Waals surface area contributed by atoms with Gasteiger partial charge < -0.3 is 23.7 Å². The van der Waals surface area contributed by atoms with Gasteiger partial charge in [-0.1, -0.05) is 13.8 Å². The average molecular weight is 838 g/mol. The molecular formula is C48H56ClN3O8. The van der Waals surface area contributed by atoms with Gasteiger partial charge in [0, 0.05) is 60.1 Å². The number of rotatable bonds is 11. The Bertz CT molecular complexity index is 2280. The van der Waals surface area contributed by atoms with E-state index in [0.717, 1.165) is 57.3 Å². The van der Waals surface area contributed by atoms with Crippen LogP contribution in [-0.2, 0) is 41.1 Å². The molecule has 3 aromatic heterocycles. The van der Waals surface area contributed by atoms with Gasteiger partial charge in [0.15, 0.2) is 34.6 Å². The van der Waals surface area contributed by atoms with E-state index in [9.17, 15) is 14.4 Å². The van der Waals surface area contributed by atoms with Crippen molar-refractivity contribution in [2.75, 3.05) is 35.0 Å². The molecule has 5 aromatic rings. The number of nitrogens with zero attached hydrogens (tertiary/aromatic N) is 3. The lowest BCUT2D eigenvalue weighted by molar-refractivity contribution is -0.152. The number of hydrogen-bond donors (Lipinski definition) is 0. The Balaban J connectivity index is 0.000000215. The van der Waals surface area contributed by atoms with Crippen molar-refractivity contribution in [2.24, 2.45) is 11.3 Å². The number of halogens is 1. The first-order valence-electron chi connectivity index (χ1n) is 19.9. The van der Waals surface area contributed by atoms with Gasteiger partial charge in [0.25, 0.3) is 0 Å². The first-order chi connectivity index (χ1) is 28.9. The molecular weight excluding hydrogens is 782 g/mol. The molecule has 0 spiro atoms. The van der Waals surface area contributed by atoms with E-state index in [0.29, 0.717) is 34.4 Å². The topological polar surface area (TPSA) is 136 Å². The molecule has 0 amide bonds. The van der Waals surface area contributed by atoms with Crippen molar-refractivity contribution in [3.05, 3.63) is 135 Å². The summed E-state index contributed by atoms with van der Waals surface area (Å²) in [5.41, 5.74) is 8.21. The van der Waals surface area contributed by atoms with Crippen LogP contribution in [-0.4, -0.2) is 67.5 Å². The smallest absolute Gasteiger partial charge is 0.320 e. The molecule has 2 unspecified atom stereocenters. The molecule has 2 aromatic carbocycles. The molecule has 0 radical (unpaired) electrons. The molecule has 2 atom stereocenters. The number of Topliss-reactive ketones (excluding diaryl/α,β-unsaturated/α-hetero) is 2. The fourth-order valence-corrected chi connectivity index (χ4v) is 7.63. The number of benzene rings is 2. The average Bonchev–Trinajstić information content (AvgIpc) is 3.73. The van der Waals surface area contributed by atoms with E-state index in [4.69, 9.17) is 35.3 Å². The van der Waals surface area contributed by atoms with Gasteiger partial charge in [0.2, 0.25) is 0 Å². The van der Waals surface area contributed by atoms with Crippen molar-refractivity contribution in [1.29, 1.82) is 0 Å². The summed E-state index contributed by atoms with van der Waals surface area (Å²) in [6.07, 6.45) is 12.6. The number of pyridine rings is 3. The van der Waals surface area contributed by atoms with Crippen LogP contribution in [0.5, 0.6) is 23.0 Å². The van der Waals surface area contributed by atoms with E-state index < -0.39 is 11.4 Å². The number of esters is 1. The molecule has 0 N–H and O–H groups in total. The number of methoxy groups -OCH3 is 4. The highest BCUT2D eigenvalue weighted by atomic mass is 35.5. The zero-order valence-corrected chi connectivity index (χ0v) is 37.1. The molecule has 11 nitrogen and oxygen atoms in total. The zero-order valence-electron chi connectivity index (χ0n) is 36.3. The van der Waals surface area contributed by atoms with Crippen LogP contribution in [0.15, 0.2) is 79.6 Å². The van der Waals surface area contributed by atoms with Crippen LogP contribution in [0.4, 0.5) is 0 Å². The number of hydrogen-bond acceptors (Lipinski definition) is 11. The Hall–Kier alpha value is -5.81. The number of ether oxygens (including phenoxy) is 5. The number of aryl methyl sites for hydroxylation is 3. The van der Waals surface area contributed by atoms with Crippen molar-refractivity contribution in [2.45, 2.75) is 73.1 Å². The number of alkyl halides is 1. The third-order valence-electron chi connectivity index (χ3n) is 10.7. The second-order valence-corrected chi connectivity index (χ2v) is 14.5. The summed E-state index contributed by atoms with van der Waals surface area (Å²) in [6, 6.07) is 12.9. The van der Waals surface area contributed by atoms with Crippen LogP contribution in [0, 0.1) is 32.1 Å². The fourth-order valence-electron chi connectivity index (χ4n) is 7.33. The quantitative estimate of drug-likeness (QED) is 0.0716. The van der Waals surface area contributed by atoms with Crippen LogP contribution >= 0.6 is 11.6 Å². The highest BCUT2D eigenvalue weighted by Crippen LogP contribution is 2.45. The van der Waals surface area contributed by atoms with Crippen molar-refractivity contribution >= 4 is 29.1 Å². The minimum atomic E-state index is -1.29. The van der Waals surface area contributed by atoms with E-state index in [1.54, 1.807) is 71.2 Å². The van der Waals surface area contributed by atoms with Crippen molar-refractivity contribution in [1.82, 2.24) is 15.0 Å². The summed E-state index contributed by atoms with van der Waals surface area (Å²) in [5.74, 6) is 2.28. The predicted octanol–water partition coefficient (Wildman–Crippen LogP) is 9.10.